The molecule has 1 aliphatic rings. The molecule has 2 aromatic rings. The highest BCUT2D eigenvalue weighted by Crippen LogP contribution is 2.20. The van der Waals surface area contributed by atoms with E-state index in [1.165, 1.54) is 41.9 Å². The quantitative estimate of drug-likeness (QED) is 0.332. The summed E-state index contributed by atoms with van der Waals surface area (Å²) >= 11 is 1.78. The van der Waals surface area contributed by atoms with Gasteiger partial charge in [-0.25, -0.2) is 0 Å². The summed E-state index contributed by atoms with van der Waals surface area (Å²) in [5.74, 6) is 1.62. The van der Waals surface area contributed by atoms with Gasteiger partial charge >= 0.3 is 0 Å². The second-order valence-corrected chi connectivity index (χ2v) is 8.52. The van der Waals surface area contributed by atoms with Crippen molar-refractivity contribution in [1.82, 2.24) is 15.5 Å². The molecule has 28 heavy (non-hydrogen) atoms. The first-order valence-electron chi connectivity index (χ1n) is 9.92. The van der Waals surface area contributed by atoms with Crippen molar-refractivity contribution in [1.29, 1.82) is 0 Å². The van der Waals surface area contributed by atoms with Crippen LogP contribution in [0.2, 0.25) is 0 Å². The molecule has 1 fully saturated rings. The summed E-state index contributed by atoms with van der Waals surface area (Å²) in [6.07, 6.45) is 2.49. The van der Waals surface area contributed by atoms with Gasteiger partial charge in [0.05, 0.1) is 6.04 Å². The lowest BCUT2D eigenvalue weighted by molar-refractivity contribution is 0.178. The van der Waals surface area contributed by atoms with Crippen LogP contribution in [0.1, 0.15) is 41.8 Å². The number of piperidine rings is 1. The number of thiophene rings is 1. The zero-order chi connectivity index (χ0) is 19.1. The van der Waals surface area contributed by atoms with Crippen molar-refractivity contribution < 1.29 is 0 Å². The topological polar surface area (TPSA) is 39.7 Å². The number of hydrogen-bond donors (Lipinski definition) is 2. The van der Waals surface area contributed by atoms with Crippen LogP contribution in [-0.2, 0) is 6.54 Å². The molecule has 0 bridgehead atoms. The second-order valence-electron chi connectivity index (χ2n) is 7.54. The third kappa shape index (κ3) is 7.04. The van der Waals surface area contributed by atoms with E-state index >= 15 is 0 Å². The standard InChI is InChI=1S/C22H32N4S.HI/c1-17-6-8-20(9-7-17)16-26-12-10-19(11-13-26)15-24-22(23-3)25-18(2)21-5-4-14-27-21;/h4-9,14,18-19H,10-13,15-16H2,1-3H3,(H2,23,24,25);1H. The van der Waals surface area contributed by atoms with Gasteiger partial charge in [-0.3, -0.25) is 9.89 Å². The molecular weight excluding hydrogens is 479 g/mol. The first-order valence-corrected chi connectivity index (χ1v) is 10.8. The van der Waals surface area contributed by atoms with Gasteiger partial charge in [0.15, 0.2) is 5.96 Å². The minimum Gasteiger partial charge on any atom is -0.356 e. The largest absolute Gasteiger partial charge is 0.356 e. The first kappa shape index (κ1) is 23.2. The number of nitrogens with zero attached hydrogens (tertiary/aromatic N) is 2. The summed E-state index contributed by atoms with van der Waals surface area (Å²) < 4.78 is 0. The molecule has 0 aliphatic carbocycles. The van der Waals surface area contributed by atoms with Crippen molar-refractivity contribution in [2.45, 2.75) is 39.3 Å². The van der Waals surface area contributed by atoms with E-state index in [-0.39, 0.29) is 30.0 Å². The Morgan fingerprint density at radius 1 is 1.21 bits per heavy atom. The molecule has 3 rings (SSSR count). The molecule has 1 aliphatic heterocycles. The maximum atomic E-state index is 4.39. The minimum absolute atomic E-state index is 0. The predicted molar refractivity (Wildman–Crippen MR) is 132 cm³/mol. The zero-order valence-electron chi connectivity index (χ0n) is 17.1. The average Bonchev–Trinajstić information content (AvgIpc) is 3.23. The molecule has 0 spiro atoms. The smallest absolute Gasteiger partial charge is 0.191 e. The van der Waals surface area contributed by atoms with Gasteiger partial charge in [0.2, 0.25) is 0 Å². The van der Waals surface area contributed by atoms with Crippen LogP contribution in [-0.4, -0.2) is 37.5 Å². The van der Waals surface area contributed by atoms with E-state index in [0.717, 1.165) is 25.0 Å². The normalized spacial score (nSPS) is 17.0. The Morgan fingerprint density at radius 3 is 2.54 bits per heavy atom. The molecule has 1 atom stereocenters. The molecule has 2 N–H and O–H groups in total. The Morgan fingerprint density at radius 2 is 1.93 bits per heavy atom. The number of rotatable bonds is 6. The molecule has 6 heteroatoms. The lowest BCUT2D eigenvalue weighted by Gasteiger charge is -2.32. The van der Waals surface area contributed by atoms with E-state index in [1.807, 2.05) is 7.05 Å². The molecule has 1 aromatic heterocycles. The Bertz CT molecular complexity index is 707. The third-order valence-corrected chi connectivity index (χ3v) is 6.39. The van der Waals surface area contributed by atoms with Crippen LogP contribution in [0.3, 0.4) is 0 Å². The molecule has 1 saturated heterocycles. The van der Waals surface area contributed by atoms with E-state index in [4.69, 9.17) is 0 Å². The third-order valence-electron chi connectivity index (χ3n) is 5.34. The van der Waals surface area contributed by atoms with Crippen molar-refractivity contribution in [3.05, 3.63) is 57.8 Å². The lowest BCUT2D eigenvalue weighted by Crippen LogP contribution is -2.43. The van der Waals surface area contributed by atoms with Gasteiger partial charge in [-0.05, 0) is 62.7 Å². The predicted octanol–water partition coefficient (Wildman–Crippen LogP) is 4.81. The molecule has 1 aromatic carbocycles. The number of aliphatic imine (C=N–C) groups is 1. The van der Waals surface area contributed by atoms with Crippen LogP contribution in [0.25, 0.3) is 0 Å². The van der Waals surface area contributed by atoms with E-state index in [1.54, 1.807) is 11.3 Å². The Hall–Kier alpha value is -1.12. The fourth-order valence-electron chi connectivity index (χ4n) is 3.55. The van der Waals surface area contributed by atoms with Crippen molar-refractivity contribution >= 4 is 41.3 Å². The highest BCUT2D eigenvalue weighted by atomic mass is 127. The van der Waals surface area contributed by atoms with Crippen LogP contribution in [0, 0.1) is 12.8 Å². The summed E-state index contributed by atoms with van der Waals surface area (Å²) in [5.41, 5.74) is 2.75. The van der Waals surface area contributed by atoms with Crippen molar-refractivity contribution in [3.8, 4) is 0 Å². The van der Waals surface area contributed by atoms with Crippen molar-refractivity contribution in [2.75, 3.05) is 26.7 Å². The number of guanidine groups is 1. The van der Waals surface area contributed by atoms with Crippen molar-refractivity contribution in [2.24, 2.45) is 10.9 Å². The maximum absolute atomic E-state index is 4.39. The molecule has 1 unspecified atom stereocenters. The average molecular weight is 513 g/mol. The first-order chi connectivity index (χ1) is 13.1. The highest BCUT2D eigenvalue weighted by molar-refractivity contribution is 14.0. The lowest BCUT2D eigenvalue weighted by atomic mass is 9.96. The fraction of sp³-hybridized carbons (Fsp3) is 0.500. The highest BCUT2D eigenvalue weighted by Gasteiger charge is 2.19. The molecular formula is C22H33IN4S. The summed E-state index contributed by atoms with van der Waals surface area (Å²) in [6, 6.07) is 13.5. The van der Waals surface area contributed by atoms with Crippen LogP contribution in [0.15, 0.2) is 46.8 Å². The van der Waals surface area contributed by atoms with Gasteiger partial charge in [-0.15, -0.1) is 35.3 Å². The number of benzene rings is 1. The van der Waals surface area contributed by atoms with Crippen LogP contribution in [0.5, 0.6) is 0 Å². The van der Waals surface area contributed by atoms with Crippen molar-refractivity contribution in [3.63, 3.8) is 0 Å². The van der Waals surface area contributed by atoms with Gasteiger partial charge in [-0.1, -0.05) is 35.9 Å². The zero-order valence-corrected chi connectivity index (χ0v) is 20.3. The van der Waals surface area contributed by atoms with Gasteiger partial charge < -0.3 is 10.6 Å². The second kappa shape index (κ2) is 11.8. The number of hydrogen-bond acceptors (Lipinski definition) is 3. The number of aryl methyl sites for hydroxylation is 1. The summed E-state index contributed by atoms with van der Waals surface area (Å²) in [6.45, 7) is 8.75. The molecule has 154 valence electrons. The Balaban J connectivity index is 0.00000280. The van der Waals surface area contributed by atoms with E-state index < -0.39 is 0 Å². The van der Waals surface area contributed by atoms with Crippen LogP contribution < -0.4 is 10.6 Å². The molecule has 2 heterocycles. The number of likely N-dealkylation sites (tertiary alicyclic amines) is 1. The molecule has 0 amide bonds. The summed E-state index contributed by atoms with van der Waals surface area (Å²) in [4.78, 5) is 8.30. The van der Waals surface area contributed by atoms with Crippen LogP contribution in [0.4, 0.5) is 0 Å². The monoisotopic (exact) mass is 512 g/mol. The number of halogens is 1. The Kier molecular flexibility index (Phi) is 9.74. The Labute approximate surface area is 190 Å². The molecule has 0 radical (unpaired) electrons. The van der Waals surface area contributed by atoms with Gasteiger partial charge in [0.25, 0.3) is 0 Å². The molecule has 0 saturated carbocycles. The van der Waals surface area contributed by atoms with Gasteiger partial charge in [-0.2, -0.15) is 0 Å². The summed E-state index contributed by atoms with van der Waals surface area (Å²) in [7, 11) is 1.85. The summed E-state index contributed by atoms with van der Waals surface area (Å²) in [5, 5.41) is 9.14. The van der Waals surface area contributed by atoms with Crippen LogP contribution >= 0.6 is 35.3 Å². The van der Waals surface area contributed by atoms with E-state index in [9.17, 15) is 0 Å². The van der Waals surface area contributed by atoms with E-state index in [2.05, 4.69) is 76.2 Å². The molecule has 4 nitrogen and oxygen atoms in total. The maximum Gasteiger partial charge on any atom is 0.191 e. The SMILES string of the molecule is CN=C(NCC1CCN(Cc2ccc(C)cc2)CC1)NC(C)c1cccs1.I. The van der Waals surface area contributed by atoms with E-state index in [0.29, 0.717) is 0 Å². The van der Waals surface area contributed by atoms with Gasteiger partial charge in [0, 0.05) is 25.0 Å². The van der Waals surface area contributed by atoms with Gasteiger partial charge in [0.1, 0.15) is 0 Å². The minimum atomic E-state index is 0. The number of nitrogens with one attached hydrogen (secondary N) is 2. The fourth-order valence-corrected chi connectivity index (χ4v) is 4.28.